The highest BCUT2D eigenvalue weighted by Gasteiger charge is 2.11. The number of halogens is 1. The lowest BCUT2D eigenvalue weighted by atomic mass is 10.3. The Balaban J connectivity index is 2.14. The molecule has 0 aliphatic heterocycles. The molecule has 5 heteroatoms. The first-order valence-electron chi connectivity index (χ1n) is 5.56. The molecule has 4 nitrogen and oxygen atoms in total. The zero-order valence-corrected chi connectivity index (χ0v) is 10.3. The molecule has 1 aromatic carbocycles. The van der Waals surface area contributed by atoms with Crippen LogP contribution in [0.1, 0.15) is 5.69 Å². The first-order chi connectivity index (χ1) is 8.75. The van der Waals surface area contributed by atoms with E-state index in [-0.39, 0.29) is 0 Å². The molecule has 0 radical (unpaired) electrons. The topological polar surface area (TPSA) is 56.7 Å². The number of aromatic nitrogens is 3. The second-order valence-corrected chi connectivity index (χ2v) is 4.39. The van der Waals surface area contributed by atoms with Gasteiger partial charge < -0.3 is 10.3 Å². The van der Waals surface area contributed by atoms with Crippen LogP contribution in [-0.2, 0) is 6.54 Å². The standard InChI is InChI=1S/C13H11ClN4/c14-10-5-3-6-11-12(10)18(13(15)17-11)8-9-4-1-2-7-16-9/h1-7H,8H2,(H2,15,17). The second kappa shape index (κ2) is 4.31. The average Bonchev–Trinajstić information content (AvgIpc) is 2.69. The molecule has 0 spiro atoms. The van der Waals surface area contributed by atoms with Crippen LogP contribution in [0.5, 0.6) is 0 Å². The van der Waals surface area contributed by atoms with Crippen LogP contribution in [0, 0.1) is 0 Å². The van der Waals surface area contributed by atoms with Crippen molar-refractivity contribution < 1.29 is 0 Å². The van der Waals surface area contributed by atoms with Crippen molar-refractivity contribution in [2.24, 2.45) is 0 Å². The maximum Gasteiger partial charge on any atom is 0.201 e. The van der Waals surface area contributed by atoms with E-state index in [1.165, 1.54) is 0 Å². The number of rotatable bonds is 2. The third kappa shape index (κ3) is 1.80. The van der Waals surface area contributed by atoms with Crippen LogP contribution >= 0.6 is 11.6 Å². The van der Waals surface area contributed by atoms with E-state index in [4.69, 9.17) is 17.3 Å². The molecule has 0 fully saturated rings. The van der Waals surface area contributed by atoms with Gasteiger partial charge in [0, 0.05) is 6.20 Å². The Morgan fingerprint density at radius 2 is 2.06 bits per heavy atom. The summed E-state index contributed by atoms with van der Waals surface area (Å²) >= 11 is 6.20. The van der Waals surface area contributed by atoms with Gasteiger partial charge in [0.05, 0.1) is 28.3 Å². The molecule has 0 aliphatic rings. The summed E-state index contributed by atoms with van der Waals surface area (Å²) in [7, 11) is 0. The number of anilines is 1. The fourth-order valence-corrected chi connectivity index (χ4v) is 2.24. The minimum atomic E-state index is 0.448. The Bertz CT molecular complexity index is 691. The van der Waals surface area contributed by atoms with Crippen molar-refractivity contribution >= 4 is 28.6 Å². The van der Waals surface area contributed by atoms with Gasteiger partial charge in [-0.25, -0.2) is 4.98 Å². The van der Waals surface area contributed by atoms with Crippen LogP contribution in [0.4, 0.5) is 5.95 Å². The molecule has 2 aromatic heterocycles. The third-order valence-electron chi connectivity index (χ3n) is 2.79. The molecule has 0 saturated carbocycles. The van der Waals surface area contributed by atoms with E-state index in [1.54, 1.807) is 6.20 Å². The van der Waals surface area contributed by atoms with Gasteiger partial charge in [-0.2, -0.15) is 0 Å². The minimum absolute atomic E-state index is 0.448. The third-order valence-corrected chi connectivity index (χ3v) is 3.10. The molecule has 18 heavy (non-hydrogen) atoms. The summed E-state index contributed by atoms with van der Waals surface area (Å²) in [4.78, 5) is 8.58. The van der Waals surface area contributed by atoms with E-state index in [0.29, 0.717) is 17.5 Å². The number of hydrogen-bond donors (Lipinski definition) is 1. The van der Waals surface area contributed by atoms with Crippen LogP contribution in [0.25, 0.3) is 11.0 Å². The van der Waals surface area contributed by atoms with Crippen molar-refractivity contribution in [1.82, 2.24) is 14.5 Å². The largest absolute Gasteiger partial charge is 0.369 e. The van der Waals surface area contributed by atoms with Gasteiger partial charge in [-0.05, 0) is 24.3 Å². The van der Waals surface area contributed by atoms with E-state index in [9.17, 15) is 0 Å². The van der Waals surface area contributed by atoms with Crippen molar-refractivity contribution in [2.45, 2.75) is 6.54 Å². The first kappa shape index (κ1) is 11.0. The van der Waals surface area contributed by atoms with Gasteiger partial charge in [0.1, 0.15) is 0 Å². The number of imidazole rings is 1. The summed E-state index contributed by atoms with van der Waals surface area (Å²) in [5.41, 5.74) is 8.51. The Labute approximate surface area is 109 Å². The van der Waals surface area contributed by atoms with E-state index < -0.39 is 0 Å². The van der Waals surface area contributed by atoms with Crippen LogP contribution < -0.4 is 5.73 Å². The maximum absolute atomic E-state index is 6.20. The number of benzene rings is 1. The maximum atomic E-state index is 6.20. The number of fused-ring (bicyclic) bond motifs is 1. The van der Waals surface area contributed by atoms with Gasteiger partial charge >= 0.3 is 0 Å². The van der Waals surface area contributed by atoms with Gasteiger partial charge in [0.15, 0.2) is 0 Å². The van der Waals surface area contributed by atoms with E-state index in [1.807, 2.05) is 41.0 Å². The molecule has 0 saturated heterocycles. The normalized spacial score (nSPS) is 10.9. The van der Waals surface area contributed by atoms with Crippen molar-refractivity contribution in [3.8, 4) is 0 Å². The SMILES string of the molecule is Nc1nc2cccc(Cl)c2n1Cc1ccccn1. The monoisotopic (exact) mass is 258 g/mol. The zero-order chi connectivity index (χ0) is 12.5. The molecule has 2 N–H and O–H groups in total. The lowest BCUT2D eigenvalue weighted by Crippen LogP contribution is -2.05. The van der Waals surface area contributed by atoms with Crippen molar-refractivity contribution in [3.63, 3.8) is 0 Å². The molecule has 0 amide bonds. The quantitative estimate of drug-likeness (QED) is 0.769. The number of hydrogen-bond acceptors (Lipinski definition) is 3. The first-order valence-corrected chi connectivity index (χ1v) is 5.93. The summed E-state index contributed by atoms with van der Waals surface area (Å²) < 4.78 is 1.88. The van der Waals surface area contributed by atoms with Gasteiger partial charge in [-0.1, -0.05) is 23.7 Å². The fraction of sp³-hybridized carbons (Fsp3) is 0.0769. The molecule has 90 valence electrons. The van der Waals surface area contributed by atoms with Crippen LogP contribution in [0.3, 0.4) is 0 Å². The van der Waals surface area contributed by atoms with Crippen molar-refractivity contribution in [2.75, 3.05) is 5.73 Å². The molecule has 3 aromatic rings. The Hall–Kier alpha value is -2.07. The molecular formula is C13H11ClN4. The molecule has 3 rings (SSSR count). The highest BCUT2D eigenvalue weighted by atomic mass is 35.5. The Kier molecular flexibility index (Phi) is 2.64. The van der Waals surface area contributed by atoms with Gasteiger partial charge in [0.25, 0.3) is 0 Å². The Morgan fingerprint density at radius 3 is 2.83 bits per heavy atom. The number of nitrogens with two attached hydrogens (primary N) is 1. The lowest BCUT2D eigenvalue weighted by molar-refractivity contribution is 0.809. The van der Waals surface area contributed by atoms with Crippen LogP contribution in [0.2, 0.25) is 5.02 Å². The van der Waals surface area contributed by atoms with E-state index in [0.717, 1.165) is 16.7 Å². The number of nitrogen functional groups attached to an aromatic ring is 1. The molecular weight excluding hydrogens is 248 g/mol. The molecule has 2 heterocycles. The summed E-state index contributed by atoms with van der Waals surface area (Å²) in [6.07, 6.45) is 1.76. The smallest absolute Gasteiger partial charge is 0.201 e. The van der Waals surface area contributed by atoms with Gasteiger partial charge in [0.2, 0.25) is 5.95 Å². The Morgan fingerprint density at radius 1 is 1.17 bits per heavy atom. The number of nitrogens with zero attached hydrogens (tertiary/aromatic N) is 3. The lowest BCUT2D eigenvalue weighted by Gasteiger charge is -2.06. The van der Waals surface area contributed by atoms with Gasteiger partial charge in [-0.3, -0.25) is 4.98 Å². The van der Waals surface area contributed by atoms with Crippen LogP contribution in [-0.4, -0.2) is 14.5 Å². The van der Waals surface area contributed by atoms with Crippen molar-refractivity contribution in [3.05, 3.63) is 53.3 Å². The summed E-state index contributed by atoms with van der Waals surface area (Å²) in [6, 6.07) is 11.4. The number of pyridine rings is 1. The highest BCUT2D eigenvalue weighted by molar-refractivity contribution is 6.35. The molecule has 0 atom stereocenters. The number of para-hydroxylation sites is 1. The summed E-state index contributed by atoms with van der Waals surface area (Å²) in [5, 5.41) is 0.646. The predicted octanol–water partition coefficient (Wildman–Crippen LogP) is 2.72. The minimum Gasteiger partial charge on any atom is -0.369 e. The zero-order valence-electron chi connectivity index (χ0n) is 9.55. The van der Waals surface area contributed by atoms with E-state index >= 15 is 0 Å². The molecule has 0 aliphatic carbocycles. The van der Waals surface area contributed by atoms with Crippen LogP contribution in [0.15, 0.2) is 42.6 Å². The predicted molar refractivity (Wildman–Crippen MR) is 72.5 cm³/mol. The fourth-order valence-electron chi connectivity index (χ4n) is 1.97. The highest BCUT2D eigenvalue weighted by Crippen LogP contribution is 2.26. The van der Waals surface area contributed by atoms with Gasteiger partial charge in [-0.15, -0.1) is 0 Å². The molecule has 0 bridgehead atoms. The summed E-state index contributed by atoms with van der Waals surface area (Å²) in [6.45, 7) is 0.562. The average molecular weight is 259 g/mol. The second-order valence-electron chi connectivity index (χ2n) is 3.98. The summed E-state index contributed by atoms with van der Waals surface area (Å²) in [5.74, 6) is 0.448. The van der Waals surface area contributed by atoms with Crippen molar-refractivity contribution in [1.29, 1.82) is 0 Å². The van der Waals surface area contributed by atoms with E-state index in [2.05, 4.69) is 9.97 Å². The molecule has 0 unspecified atom stereocenters.